The van der Waals surface area contributed by atoms with Gasteiger partial charge >= 0.3 is 0 Å². The molecule has 0 saturated heterocycles. The van der Waals surface area contributed by atoms with Crippen LogP contribution in [0.2, 0.25) is 0 Å². The van der Waals surface area contributed by atoms with Crippen molar-refractivity contribution in [2.75, 3.05) is 0 Å². The van der Waals surface area contributed by atoms with Crippen LogP contribution < -0.4 is 0 Å². The maximum Gasteiger partial charge on any atom is 0.119 e. The van der Waals surface area contributed by atoms with Crippen LogP contribution in [-0.4, -0.2) is 15.1 Å². The summed E-state index contributed by atoms with van der Waals surface area (Å²) in [6.07, 6.45) is 2.37. The molecule has 0 aliphatic heterocycles. The van der Waals surface area contributed by atoms with E-state index in [2.05, 4.69) is 9.97 Å². The van der Waals surface area contributed by atoms with Crippen LogP contribution in [0.15, 0.2) is 30.5 Å². The highest BCUT2D eigenvalue weighted by molar-refractivity contribution is 5.34. The standard InChI is InChI=1S/C13H14N2O/c1-9-10(2)15-12(8-14-9)7-11-5-3-4-6-13(11)16/h3-6,8,16H,7H2,1-2H3. The molecule has 0 unspecified atom stereocenters. The normalized spacial score (nSPS) is 10.4. The maximum absolute atomic E-state index is 9.65. The van der Waals surface area contributed by atoms with Gasteiger partial charge in [0.15, 0.2) is 0 Å². The topological polar surface area (TPSA) is 46.0 Å². The Morgan fingerprint density at radius 3 is 2.56 bits per heavy atom. The van der Waals surface area contributed by atoms with Gasteiger partial charge in [0, 0.05) is 12.6 Å². The van der Waals surface area contributed by atoms with Crippen molar-refractivity contribution in [2.45, 2.75) is 20.3 Å². The fraction of sp³-hybridized carbons (Fsp3) is 0.231. The number of aromatic hydroxyl groups is 1. The Morgan fingerprint density at radius 1 is 1.12 bits per heavy atom. The van der Waals surface area contributed by atoms with Crippen LogP contribution in [-0.2, 0) is 6.42 Å². The molecule has 0 radical (unpaired) electrons. The first-order valence-electron chi connectivity index (χ1n) is 5.23. The lowest BCUT2D eigenvalue weighted by Crippen LogP contribution is -1.98. The molecule has 0 saturated carbocycles. The number of aryl methyl sites for hydroxylation is 2. The van der Waals surface area contributed by atoms with E-state index in [4.69, 9.17) is 0 Å². The lowest BCUT2D eigenvalue weighted by atomic mass is 10.1. The molecular weight excluding hydrogens is 200 g/mol. The number of phenols is 1. The van der Waals surface area contributed by atoms with E-state index in [9.17, 15) is 5.11 Å². The van der Waals surface area contributed by atoms with E-state index < -0.39 is 0 Å². The molecule has 16 heavy (non-hydrogen) atoms. The molecule has 3 heteroatoms. The molecular formula is C13H14N2O. The van der Waals surface area contributed by atoms with Crippen molar-refractivity contribution in [3.05, 3.63) is 53.1 Å². The highest BCUT2D eigenvalue weighted by Gasteiger charge is 2.04. The molecule has 0 bridgehead atoms. The zero-order chi connectivity index (χ0) is 11.5. The molecule has 2 aromatic rings. The molecule has 0 aliphatic rings. The minimum atomic E-state index is 0.308. The molecule has 3 nitrogen and oxygen atoms in total. The zero-order valence-electron chi connectivity index (χ0n) is 9.44. The molecule has 1 N–H and O–H groups in total. The van der Waals surface area contributed by atoms with Gasteiger partial charge in [0.1, 0.15) is 5.75 Å². The van der Waals surface area contributed by atoms with E-state index in [0.717, 1.165) is 22.6 Å². The summed E-state index contributed by atoms with van der Waals surface area (Å²) in [5, 5.41) is 9.65. The smallest absolute Gasteiger partial charge is 0.119 e. The van der Waals surface area contributed by atoms with Gasteiger partial charge in [0.05, 0.1) is 17.1 Å². The molecule has 2 rings (SSSR count). The maximum atomic E-state index is 9.65. The van der Waals surface area contributed by atoms with Crippen molar-refractivity contribution in [1.82, 2.24) is 9.97 Å². The third kappa shape index (κ3) is 2.19. The summed E-state index contributed by atoms with van der Waals surface area (Å²) < 4.78 is 0. The molecule has 0 amide bonds. The predicted molar refractivity (Wildman–Crippen MR) is 62.4 cm³/mol. The number of hydrogen-bond acceptors (Lipinski definition) is 3. The van der Waals surface area contributed by atoms with E-state index >= 15 is 0 Å². The Hall–Kier alpha value is -1.90. The lowest BCUT2D eigenvalue weighted by molar-refractivity contribution is 0.469. The third-order valence-corrected chi connectivity index (χ3v) is 2.61. The number of para-hydroxylation sites is 1. The minimum Gasteiger partial charge on any atom is -0.508 e. The van der Waals surface area contributed by atoms with Crippen LogP contribution in [0.25, 0.3) is 0 Å². The van der Waals surface area contributed by atoms with Gasteiger partial charge in [-0.3, -0.25) is 9.97 Å². The van der Waals surface area contributed by atoms with E-state index in [1.165, 1.54) is 0 Å². The first kappa shape index (κ1) is 10.6. The molecule has 82 valence electrons. The summed E-state index contributed by atoms with van der Waals surface area (Å²) in [7, 11) is 0. The Morgan fingerprint density at radius 2 is 1.88 bits per heavy atom. The lowest BCUT2D eigenvalue weighted by Gasteiger charge is -2.05. The Kier molecular flexibility index (Phi) is 2.86. The zero-order valence-corrected chi connectivity index (χ0v) is 9.44. The van der Waals surface area contributed by atoms with Crippen LogP contribution >= 0.6 is 0 Å². The van der Waals surface area contributed by atoms with Crippen LogP contribution in [0, 0.1) is 13.8 Å². The second-order valence-corrected chi connectivity index (χ2v) is 3.84. The number of aromatic nitrogens is 2. The number of phenolic OH excluding ortho intramolecular Hbond substituents is 1. The summed E-state index contributed by atoms with van der Waals surface area (Å²) in [6.45, 7) is 3.88. The monoisotopic (exact) mass is 214 g/mol. The van der Waals surface area contributed by atoms with Crippen molar-refractivity contribution in [3.8, 4) is 5.75 Å². The number of hydrogen-bond donors (Lipinski definition) is 1. The van der Waals surface area contributed by atoms with E-state index in [1.807, 2.05) is 32.0 Å². The highest BCUT2D eigenvalue weighted by atomic mass is 16.3. The van der Waals surface area contributed by atoms with Gasteiger partial charge in [-0.15, -0.1) is 0 Å². The van der Waals surface area contributed by atoms with Gasteiger partial charge in [-0.1, -0.05) is 18.2 Å². The number of benzene rings is 1. The second-order valence-electron chi connectivity index (χ2n) is 3.84. The van der Waals surface area contributed by atoms with E-state index in [0.29, 0.717) is 12.2 Å². The van der Waals surface area contributed by atoms with Crippen LogP contribution in [0.5, 0.6) is 5.75 Å². The average Bonchev–Trinajstić information content (AvgIpc) is 2.27. The van der Waals surface area contributed by atoms with Crippen molar-refractivity contribution in [1.29, 1.82) is 0 Å². The van der Waals surface area contributed by atoms with Gasteiger partial charge in [-0.25, -0.2) is 0 Å². The van der Waals surface area contributed by atoms with Gasteiger partial charge in [0.2, 0.25) is 0 Å². The molecule has 0 aliphatic carbocycles. The van der Waals surface area contributed by atoms with Crippen molar-refractivity contribution >= 4 is 0 Å². The third-order valence-electron chi connectivity index (χ3n) is 2.61. The number of rotatable bonds is 2. The van der Waals surface area contributed by atoms with Gasteiger partial charge < -0.3 is 5.11 Å². The quantitative estimate of drug-likeness (QED) is 0.834. The summed E-state index contributed by atoms with van der Waals surface area (Å²) in [5.74, 6) is 0.308. The van der Waals surface area contributed by atoms with Gasteiger partial charge in [0.25, 0.3) is 0 Å². The highest BCUT2D eigenvalue weighted by Crippen LogP contribution is 2.18. The Labute approximate surface area is 94.8 Å². The second kappa shape index (κ2) is 4.31. The number of nitrogens with zero attached hydrogens (tertiary/aromatic N) is 2. The summed E-state index contributed by atoms with van der Waals surface area (Å²) >= 11 is 0. The fourth-order valence-electron chi connectivity index (χ4n) is 1.53. The largest absolute Gasteiger partial charge is 0.508 e. The average molecular weight is 214 g/mol. The van der Waals surface area contributed by atoms with Gasteiger partial charge in [-0.05, 0) is 25.5 Å². The fourth-order valence-corrected chi connectivity index (χ4v) is 1.53. The SMILES string of the molecule is Cc1ncc(Cc2ccccc2O)nc1C. The Balaban J connectivity index is 2.28. The molecule has 1 aromatic heterocycles. The summed E-state index contributed by atoms with van der Waals surface area (Å²) in [5.41, 5.74) is 3.64. The van der Waals surface area contributed by atoms with Gasteiger partial charge in [-0.2, -0.15) is 0 Å². The molecule has 1 aromatic carbocycles. The molecule has 0 fully saturated rings. The van der Waals surface area contributed by atoms with Crippen molar-refractivity contribution in [2.24, 2.45) is 0 Å². The molecule has 0 atom stereocenters. The van der Waals surface area contributed by atoms with Crippen LogP contribution in [0.3, 0.4) is 0 Å². The summed E-state index contributed by atoms with van der Waals surface area (Å²) in [6, 6.07) is 7.30. The Bertz CT molecular complexity index is 509. The molecule has 0 spiro atoms. The predicted octanol–water partition coefficient (Wildman–Crippen LogP) is 2.39. The molecule has 1 heterocycles. The van der Waals surface area contributed by atoms with Crippen LogP contribution in [0.4, 0.5) is 0 Å². The van der Waals surface area contributed by atoms with E-state index in [-0.39, 0.29) is 0 Å². The first-order chi connectivity index (χ1) is 7.66. The van der Waals surface area contributed by atoms with Crippen molar-refractivity contribution < 1.29 is 5.11 Å². The van der Waals surface area contributed by atoms with E-state index in [1.54, 1.807) is 12.3 Å². The van der Waals surface area contributed by atoms with Crippen molar-refractivity contribution in [3.63, 3.8) is 0 Å². The first-order valence-corrected chi connectivity index (χ1v) is 5.23. The summed E-state index contributed by atoms with van der Waals surface area (Å²) in [4.78, 5) is 8.70. The minimum absolute atomic E-state index is 0.308. The van der Waals surface area contributed by atoms with Crippen LogP contribution in [0.1, 0.15) is 22.6 Å².